The number of hydrogen-bond donors (Lipinski definition) is 2. The van der Waals surface area contributed by atoms with Gasteiger partial charge in [0.15, 0.2) is 0 Å². The van der Waals surface area contributed by atoms with Gasteiger partial charge in [-0.1, -0.05) is 17.7 Å². The molecule has 1 aliphatic heterocycles. The number of anilines is 1. The van der Waals surface area contributed by atoms with Crippen LogP contribution in [0.4, 0.5) is 5.69 Å². The van der Waals surface area contributed by atoms with E-state index in [0.717, 1.165) is 5.56 Å². The van der Waals surface area contributed by atoms with Crippen molar-refractivity contribution in [2.45, 2.75) is 13.5 Å². The van der Waals surface area contributed by atoms with Crippen LogP contribution >= 0.6 is 23.4 Å². The minimum atomic E-state index is -0.347. The number of thioether (sulfide) groups is 1. The fourth-order valence-electron chi connectivity index (χ4n) is 2.69. The summed E-state index contributed by atoms with van der Waals surface area (Å²) >= 11 is 7.75. The van der Waals surface area contributed by atoms with Crippen molar-refractivity contribution in [1.82, 2.24) is 10.3 Å². The molecular weight excluding hydrogens is 414 g/mol. The largest absolute Gasteiger partial charge is 0.496 e. The first-order valence-electron chi connectivity index (χ1n) is 8.82. The Kier molecular flexibility index (Phi) is 7.00. The van der Waals surface area contributed by atoms with Gasteiger partial charge in [0.1, 0.15) is 16.4 Å². The van der Waals surface area contributed by atoms with E-state index >= 15 is 0 Å². The maximum absolute atomic E-state index is 12.6. The summed E-state index contributed by atoms with van der Waals surface area (Å²) in [7, 11) is 1.45. The van der Waals surface area contributed by atoms with E-state index in [2.05, 4.69) is 15.6 Å². The number of benzene rings is 1. The molecule has 1 aliphatic rings. The van der Waals surface area contributed by atoms with Crippen molar-refractivity contribution >= 4 is 40.9 Å². The molecule has 0 aliphatic carbocycles. The molecule has 0 bridgehead atoms. The lowest BCUT2D eigenvalue weighted by atomic mass is 10.1. The summed E-state index contributed by atoms with van der Waals surface area (Å²) in [5.41, 5.74) is 1.49. The normalized spacial score (nSPS) is 13.5. The Morgan fingerprint density at radius 1 is 1.34 bits per heavy atom. The number of carbonyl (C=O) groups is 2. The molecule has 2 heterocycles. The van der Waals surface area contributed by atoms with E-state index in [-0.39, 0.29) is 22.4 Å². The van der Waals surface area contributed by atoms with Gasteiger partial charge in [-0.05, 0) is 24.6 Å². The van der Waals surface area contributed by atoms with Gasteiger partial charge in [-0.3, -0.25) is 14.6 Å². The van der Waals surface area contributed by atoms with Gasteiger partial charge in [-0.25, -0.2) is 0 Å². The Labute approximate surface area is 177 Å². The average molecular weight is 434 g/mol. The van der Waals surface area contributed by atoms with Crippen molar-refractivity contribution in [3.05, 3.63) is 63.5 Å². The number of rotatable bonds is 6. The topological polar surface area (TPSA) is 89.5 Å². The molecule has 2 aromatic rings. The molecule has 1 aromatic carbocycles. The maximum atomic E-state index is 12.6. The summed E-state index contributed by atoms with van der Waals surface area (Å²) < 4.78 is 10.8. The number of amides is 2. The summed E-state index contributed by atoms with van der Waals surface area (Å²) in [5.74, 6) is 0.915. The van der Waals surface area contributed by atoms with Crippen LogP contribution in [0, 0.1) is 0 Å². The van der Waals surface area contributed by atoms with Crippen molar-refractivity contribution in [3.63, 3.8) is 0 Å². The molecule has 0 fully saturated rings. The van der Waals surface area contributed by atoms with E-state index in [1.165, 1.54) is 31.0 Å². The molecule has 1 aromatic heterocycles. The van der Waals surface area contributed by atoms with Crippen LogP contribution in [0.25, 0.3) is 0 Å². The van der Waals surface area contributed by atoms with Crippen LogP contribution in [0.15, 0.2) is 47.3 Å². The Morgan fingerprint density at radius 3 is 2.86 bits per heavy atom. The number of nitrogens with zero attached hydrogens (tertiary/aromatic N) is 1. The molecule has 152 valence electrons. The van der Waals surface area contributed by atoms with Crippen LogP contribution in [-0.4, -0.2) is 36.3 Å². The molecule has 9 heteroatoms. The van der Waals surface area contributed by atoms with Gasteiger partial charge >= 0.3 is 0 Å². The number of carbonyl (C=O) groups excluding carboxylic acids is 2. The number of hydrogen-bond acceptors (Lipinski definition) is 6. The lowest BCUT2D eigenvalue weighted by Gasteiger charge is -2.18. The zero-order valence-corrected chi connectivity index (χ0v) is 17.5. The lowest BCUT2D eigenvalue weighted by molar-refractivity contribution is -0.112. The second-order valence-electron chi connectivity index (χ2n) is 6.11. The summed E-state index contributed by atoms with van der Waals surface area (Å²) in [5, 5.41) is 5.79. The SMILES string of the molecule is COc1cc(NC(=O)C2=C(C)OCCS2)c(Cl)cc1C(=O)NCc1cccnc1. The molecular formula is C20H20ClN3O4S. The molecule has 7 nitrogen and oxygen atoms in total. The molecule has 2 N–H and O–H groups in total. The number of aromatic nitrogens is 1. The first kappa shape index (κ1) is 21.0. The van der Waals surface area contributed by atoms with Crippen molar-refractivity contribution in [2.75, 3.05) is 24.8 Å². The van der Waals surface area contributed by atoms with Crippen LogP contribution in [-0.2, 0) is 16.1 Å². The van der Waals surface area contributed by atoms with E-state index in [0.29, 0.717) is 41.0 Å². The van der Waals surface area contributed by atoms with Crippen LogP contribution < -0.4 is 15.4 Å². The zero-order chi connectivity index (χ0) is 20.8. The quantitative estimate of drug-likeness (QED) is 0.723. The number of halogens is 1. The van der Waals surface area contributed by atoms with Crippen molar-refractivity contribution in [3.8, 4) is 5.75 Å². The van der Waals surface area contributed by atoms with E-state index in [4.69, 9.17) is 21.1 Å². The molecule has 0 spiro atoms. The molecule has 0 saturated heterocycles. The van der Waals surface area contributed by atoms with E-state index in [9.17, 15) is 9.59 Å². The number of nitrogens with one attached hydrogen (secondary N) is 2. The van der Waals surface area contributed by atoms with Crippen molar-refractivity contribution < 1.29 is 19.1 Å². The standard InChI is InChI=1S/C20H20ClN3O4S/c1-12-18(29-7-6-28-12)20(26)24-16-9-17(27-2)14(8-15(16)21)19(25)23-11-13-4-3-5-22-10-13/h3-5,8-10H,6-7,11H2,1-2H3,(H,23,25)(H,24,26). The first-order valence-corrected chi connectivity index (χ1v) is 10.2. The molecule has 29 heavy (non-hydrogen) atoms. The Bertz CT molecular complexity index is 950. The average Bonchev–Trinajstić information content (AvgIpc) is 2.74. The molecule has 0 unspecified atom stereocenters. The highest BCUT2D eigenvalue weighted by Gasteiger charge is 2.21. The summed E-state index contributed by atoms with van der Waals surface area (Å²) in [6.07, 6.45) is 3.34. The van der Waals surface area contributed by atoms with Gasteiger partial charge in [0.05, 0.1) is 30.0 Å². The Balaban J connectivity index is 1.76. The second-order valence-corrected chi connectivity index (χ2v) is 7.63. The third kappa shape index (κ3) is 5.21. The van der Waals surface area contributed by atoms with Gasteiger partial charge in [0.2, 0.25) is 0 Å². The maximum Gasteiger partial charge on any atom is 0.265 e. The summed E-state index contributed by atoms with van der Waals surface area (Å²) in [4.78, 5) is 29.7. The van der Waals surface area contributed by atoms with E-state index in [1.54, 1.807) is 25.4 Å². The molecule has 3 rings (SSSR count). The zero-order valence-electron chi connectivity index (χ0n) is 16.0. The monoisotopic (exact) mass is 433 g/mol. The third-order valence-corrected chi connectivity index (χ3v) is 5.58. The Morgan fingerprint density at radius 2 is 2.17 bits per heavy atom. The van der Waals surface area contributed by atoms with Crippen molar-refractivity contribution in [2.24, 2.45) is 0 Å². The predicted octanol–water partition coefficient (Wildman–Crippen LogP) is 3.61. The molecule has 0 atom stereocenters. The highest BCUT2D eigenvalue weighted by Crippen LogP contribution is 2.33. The van der Waals surface area contributed by atoms with E-state index in [1.807, 2.05) is 6.07 Å². The number of allylic oxidation sites excluding steroid dienone is 1. The van der Waals surface area contributed by atoms with Crippen molar-refractivity contribution in [1.29, 1.82) is 0 Å². The summed E-state index contributed by atoms with van der Waals surface area (Å²) in [6, 6.07) is 6.66. The lowest BCUT2D eigenvalue weighted by Crippen LogP contribution is -2.24. The second kappa shape index (κ2) is 9.67. The van der Waals surface area contributed by atoms with Gasteiger partial charge in [0, 0.05) is 30.8 Å². The smallest absolute Gasteiger partial charge is 0.265 e. The van der Waals surface area contributed by atoms with Gasteiger partial charge < -0.3 is 20.1 Å². The van der Waals surface area contributed by atoms with Crippen LogP contribution in [0.3, 0.4) is 0 Å². The van der Waals surface area contributed by atoms with Gasteiger partial charge in [-0.2, -0.15) is 0 Å². The fraction of sp³-hybridized carbons (Fsp3) is 0.250. The van der Waals surface area contributed by atoms with Crippen LogP contribution in [0.1, 0.15) is 22.8 Å². The molecule has 2 amide bonds. The van der Waals surface area contributed by atoms with Gasteiger partial charge in [0.25, 0.3) is 11.8 Å². The first-order chi connectivity index (χ1) is 14.0. The Hall–Kier alpha value is -2.71. The minimum absolute atomic E-state index is 0.227. The number of pyridine rings is 1. The fourth-order valence-corrected chi connectivity index (χ4v) is 3.71. The molecule has 0 radical (unpaired) electrons. The van der Waals surface area contributed by atoms with Crippen LogP contribution in [0.5, 0.6) is 5.75 Å². The third-order valence-electron chi connectivity index (χ3n) is 4.13. The van der Waals surface area contributed by atoms with Crippen LogP contribution in [0.2, 0.25) is 5.02 Å². The number of methoxy groups -OCH3 is 1. The summed E-state index contributed by atoms with van der Waals surface area (Å²) in [6.45, 7) is 2.64. The minimum Gasteiger partial charge on any atom is -0.496 e. The highest BCUT2D eigenvalue weighted by molar-refractivity contribution is 8.04. The number of ether oxygens (including phenoxy) is 2. The molecule has 0 saturated carbocycles. The van der Waals surface area contributed by atoms with E-state index < -0.39 is 0 Å². The van der Waals surface area contributed by atoms with Gasteiger partial charge in [-0.15, -0.1) is 11.8 Å². The highest BCUT2D eigenvalue weighted by atomic mass is 35.5. The predicted molar refractivity (Wildman–Crippen MR) is 113 cm³/mol.